The van der Waals surface area contributed by atoms with Crippen molar-refractivity contribution in [1.82, 2.24) is 35.6 Å². The highest BCUT2D eigenvalue weighted by Gasteiger charge is 2.30. The van der Waals surface area contributed by atoms with Crippen LogP contribution in [0.3, 0.4) is 0 Å². The molecule has 4 heterocycles. The van der Waals surface area contributed by atoms with Gasteiger partial charge in [0, 0.05) is 18.7 Å². The molecule has 14 nitrogen and oxygen atoms in total. The Morgan fingerprint density at radius 1 is 0.800 bits per heavy atom. The molecule has 0 radical (unpaired) electrons. The molecule has 0 bridgehead atoms. The zero-order valence-electron chi connectivity index (χ0n) is 26.7. The van der Waals surface area contributed by atoms with E-state index < -0.39 is 0 Å². The van der Waals surface area contributed by atoms with Gasteiger partial charge in [0.1, 0.15) is 17.4 Å². The standard InChI is InChI=1S/C30H44N10O4S/c1-6-10-31-24-18-43-14-12-39(24)29-36-28(37-30(38-29)40-13-15-44-19-25(40)32-11-7-2)35-27-33-21(17-26(34-27)45-5)20-8-9-22(41-3)23(16-20)42-4/h8-9,16-17,24-25,31-32H,6-7,10-15,18-19H2,1-5H3,(H,33,34,35,36,37,38). The fraction of sp³-hybridized carbons (Fsp3) is 0.567. The van der Waals surface area contributed by atoms with Crippen LogP contribution in [0.1, 0.15) is 26.7 Å². The van der Waals surface area contributed by atoms with Gasteiger partial charge in [0.05, 0.1) is 46.3 Å². The lowest BCUT2D eigenvalue weighted by molar-refractivity contribution is 0.0819. The van der Waals surface area contributed by atoms with Crippen LogP contribution in [-0.2, 0) is 9.47 Å². The van der Waals surface area contributed by atoms with Crippen LogP contribution in [0.25, 0.3) is 11.3 Å². The third-order valence-electron chi connectivity index (χ3n) is 7.46. The summed E-state index contributed by atoms with van der Waals surface area (Å²) in [6, 6.07) is 7.65. The average molecular weight is 641 g/mol. The van der Waals surface area contributed by atoms with Crippen molar-refractivity contribution in [1.29, 1.82) is 0 Å². The SMILES string of the molecule is CCCNC1COCCN1c1nc(Nc2nc(SC)cc(-c3ccc(OC)c(OC)c3)n2)nc(N2CCOCC2NCCC)n1. The quantitative estimate of drug-likeness (QED) is 0.175. The van der Waals surface area contributed by atoms with Crippen LogP contribution >= 0.6 is 11.8 Å². The minimum absolute atomic E-state index is 0.0618. The van der Waals surface area contributed by atoms with Gasteiger partial charge in [-0.2, -0.15) is 15.0 Å². The number of thioether (sulfide) groups is 1. The molecule has 2 aromatic heterocycles. The lowest BCUT2D eigenvalue weighted by Crippen LogP contribution is -2.55. The molecular formula is C30H44N10O4S. The Labute approximate surface area is 269 Å². The second-order valence-corrected chi connectivity index (χ2v) is 11.4. The summed E-state index contributed by atoms with van der Waals surface area (Å²) in [5.41, 5.74) is 1.59. The minimum Gasteiger partial charge on any atom is -0.493 e. The van der Waals surface area contributed by atoms with Crippen molar-refractivity contribution in [3.05, 3.63) is 24.3 Å². The molecule has 2 atom stereocenters. The summed E-state index contributed by atoms with van der Waals surface area (Å²) in [6.45, 7) is 9.53. The van der Waals surface area contributed by atoms with Gasteiger partial charge in [0.2, 0.25) is 23.8 Å². The first kappa shape index (κ1) is 32.9. The summed E-state index contributed by atoms with van der Waals surface area (Å²) < 4.78 is 22.6. The third-order valence-corrected chi connectivity index (χ3v) is 8.08. The molecule has 45 heavy (non-hydrogen) atoms. The first-order chi connectivity index (χ1) is 22.1. The van der Waals surface area contributed by atoms with E-state index in [1.165, 1.54) is 11.8 Å². The number of benzene rings is 1. The number of rotatable bonds is 14. The molecule has 3 aromatic rings. The van der Waals surface area contributed by atoms with E-state index in [-0.39, 0.29) is 12.3 Å². The highest BCUT2D eigenvalue weighted by atomic mass is 32.2. The number of aromatic nitrogens is 5. The van der Waals surface area contributed by atoms with Crippen LogP contribution < -0.4 is 35.2 Å². The Balaban J connectivity index is 1.53. The Kier molecular flexibility index (Phi) is 11.8. The number of nitrogens with one attached hydrogen (secondary N) is 3. The van der Waals surface area contributed by atoms with Gasteiger partial charge in [-0.3, -0.25) is 16.0 Å². The number of nitrogens with zero attached hydrogens (tertiary/aromatic N) is 7. The van der Waals surface area contributed by atoms with Gasteiger partial charge >= 0.3 is 0 Å². The highest BCUT2D eigenvalue weighted by molar-refractivity contribution is 7.98. The molecule has 0 aliphatic carbocycles. The van der Waals surface area contributed by atoms with Crippen molar-refractivity contribution in [2.75, 3.05) is 88.2 Å². The maximum Gasteiger partial charge on any atom is 0.236 e. The molecule has 2 aliphatic rings. The lowest BCUT2D eigenvalue weighted by atomic mass is 10.1. The number of morpholine rings is 2. The number of hydrogen-bond acceptors (Lipinski definition) is 15. The van der Waals surface area contributed by atoms with E-state index in [9.17, 15) is 0 Å². The predicted octanol–water partition coefficient (Wildman–Crippen LogP) is 3.14. The molecule has 1 aromatic carbocycles. The van der Waals surface area contributed by atoms with E-state index in [1.54, 1.807) is 14.2 Å². The number of ether oxygens (including phenoxy) is 4. The molecule has 5 rings (SSSR count). The van der Waals surface area contributed by atoms with Crippen molar-refractivity contribution < 1.29 is 18.9 Å². The van der Waals surface area contributed by atoms with Crippen LogP contribution in [0.5, 0.6) is 11.5 Å². The summed E-state index contributed by atoms with van der Waals surface area (Å²) >= 11 is 1.53. The van der Waals surface area contributed by atoms with Crippen LogP contribution in [0, 0.1) is 0 Å². The molecule has 2 aliphatic heterocycles. The molecule has 244 valence electrons. The monoisotopic (exact) mass is 640 g/mol. The highest BCUT2D eigenvalue weighted by Crippen LogP contribution is 2.33. The van der Waals surface area contributed by atoms with Crippen molar-refractivity contribution in [3.63, 3.8) is 0 Å². The smallest absolute Gasteiger partial charge is 0.236 e. The first-order valence-electron chi connectivity index (χ1n) is 15.4. The Morgan fingerprint density at radius 3 is 1.96 bits per heavy atom. The number of hydrogen-bond donors (Lipinski definition) is 3. The second kappa shape index (κ2) is 16.2. The average Bonchev–Trinajstić information content (AvgIpc) is 3.09. The summed E-state index contributed by atoms with van der Waals surface area (Å²) in [5.74, 6) is 3.11. The fourth-order valence-corrected chi connectivity index (χ4v) is 5.55. The van der Waals surface area contributed by atoms with Crippen molar-refractivity contribution >= 4 is 35.6 Å². The van der Waals surface area contributed by atoms with Gasteiger partial charge in [0.15, 0.2) is 11.5 Å². The maximum absolute atomic E-state index is 5.81. The summed E-state index contributed by atoms with van der Waals surface area (Å²) in [4.78, 5) is 28.7. The molecule has 0 amide bonds. The van der Waals surface area contributed by atoms with Gasteiger partial charge in [-0.15, -0.1) is 11.8 Å². The maximum atomic E-state index is 5.81. The van der Waals surface area contributed by atoms with E-state index in [4.69, 9.17) is 43.9 Å². The van der Waals surface area contributed by atoms with Gasteiger partial charge in [0.25, 0.3) is 0 Å². The van der Waals surface area contributed by atoms with Crippen LogP contribution in [-0.4, -0.2) is 110 Å². The molecule has 2 unspecified atom stereocenters. The fourth-order valence-electron chi connectivity index (χ4n) is 5.14. The summed E-state index contributed by atoms with van der Waals surface area (Å²) in [6.07, 6.45) is 3.86. The second-order valence-electron chi connectivity index (χ2n) is 10.5. The summed E-state index contributed by atoms with van der Waals surface area (Å²) in [7, 11) is 3.23. The zero-order chi connectivity index (χ0) is 31.6. The van der Waals surface area contributed by atoms with Gasteiger partial charge in [-0.05, 0) is 56.5 Å². The molecule has 15 heteroatoms. The minimum atomic E-state index is -0.0618. The molecule has 2 fully saturated rings. The van der Waals surface area contributed by atoms with E-state index in [2.05, 4.69) is 39.6 Å². The van der Waals surface area contributed by atoms with Gasteiger partial charge in [-0.1, -0.05) is 13.8 Å². The number of methoxy groups -OCH3 is 2. The topological polar surface area (TPSA) is 144 Å². The largest absolute Gasteiger partial charge is 0.493 e. The molecule has 2 saturated heterocycles. The predicted molar refractivity (Wildman–Crippen MR) is 176 cm³/mol. The molecular weight excluding hydrogens is 596 g/mol. The zero-order valence-corrected chi connectivity index (χ0v) is 27.5. The lowest BCUT2D eigenvalue weighted by Gasteiger charge is -2.38. The third kappa shape index (κ3) is 8.21. The Hall–Kier alpha value is -3.50. The summed E-state index contributed by atoms with van der Waals surface area (Å²) in [5, 5.41) is 11.2. The number of anilines is 4. The van der Waals surface area contributed by atoms with E-state index >= 15 is 0 Å². The Morgan fingerprint density at radius 2 is 1.40 bits per heavy atom. The van der Waals surface area contributed by atoms with Crippen molar-refractivity contribution in [3.8, 4) is 22.8 Å². The van der Waals surface area contributed by atoms with E-state index in [0.717, 1.165) is 42.2 Å². The molecule has 0 saturated carbocycles. The van der Waals surface area contributed by atoms with Crippen molar-refractivity contribution in [2.24, 2.45) is 0 Å². The van der Waals surface area contributed by atoms with Crippen LogP contribution in [0.15, 0.2) is 29.3 Å². The van der Waals surface area contributed by atoms with Crippen molar-refractivity contribution in [2.45, 2.75) is 44.0 Å². The normalized spacial score (nSPS) is 18.6. The molecule has 0 spiro atoms. The van der Waals surface area contributed by atoms with E-state index in [0.29, 0.717) is 74.8 Å². The Bertz CT molecular complexity index is 1360. The van der Waals surface area contributed by atoms with Crippen LogP contribution in [0.2, 0.25) is 0 Å². The van der Waals surface area contributed by atoms with Crippen LogP contribution in [0.4, 0.5) is 23.8 Å². The molecule has 3 N–H and O–H groups in total. The van der Waals surface area contributed by atoms with Gasteiger partial charge < -0.3 is 28.7 Å². The van der Waals surface area contributed by atoms with E-state index in [1.807, 2.05) is 30.5 Å². The first-order valence-corrected chi connectivity index (χ1v) is 16.6. The van der Waals surface area contributed by atoms with Gasteiger partial charge in [-0.25, -0.2) is 9.97 Å².